The minimum absolute atomic E-state index is 0.571. The van der Waals surface area contributed by atoms with Gasteiger partial charge in [0.2, 0.25) is 5.89 Å². The van der Waals surface area contributed by atoms with E-state index in [4.69, 9.17) is 9.15 Å². The molecule has 0 saturated carbocycles. The molecule has 0 saturated heterocycles. The van der Waals surface area contributed by atoms with Crippen molar-refractivity contribution in [3.63, 3.8) is 0 Å². The van der Waals surface area contributed by atoms with Gasteiger partial charge in [-0.1, -0.05) is 0 Å². The van der Waals surface area contributed by atoms with Gasteiger partial charge in [-0.25, -0.2) is 4.98 Å². The van der Waals surface area contributed by atoms with Crippen LogP contribution in [0.2, 0.25) is 0 Å². The van der Waals surface area contributed by atoms with Crippen LogP contribution in [0, 0.1) is 0 Å². The van der Waals surface area contributed by atoms with Crippen molar-refractivity contribution >= 4 is 27.0 Å². The summed E-state index contributed by atoms with van der Waals surface area (Å²) < 4.78 is 11.8. The van der Waals surface area contributed by atoms with Crippen LogP contribution in [0.4, 0.5) is 0 Å². The maximum absolute atomic E-state index is 5.74. The van der Waals surface area contributed by atoms with E-state index in [0.717, 1.165) is 21.3 Å². The first-order valence-electron chi connectivity index (χ1n) is 5.32. The molecular formula is C13H9BrN2O2. The van der Waals surface area contributed by atoms with Crippen molar-refractivity contribution in [1.82, 2.24) is 9.97 Å². The summed E-state index contributed by atoms with van der Waals surface area (Å²) in [6.45, 7) is 0. The van der Waals surface area contributed by atoms with Gasteiger partial charge in [0.25, 0.3) is 0 Å². The van der Waals surface area contributed by atoms with E-state index in [2.05, 4.69) is 25.9 Å². The second kappa shape index (κ2) is 4.42. The number of benzene rings is 1. The molecule has 18 heavy (non-hydrogen) atoms. The molecular weight excluding hydrogens is 296 g/mol. The summed E-state index contributed by atoms with van der Waals surface area (Å²) in [5, 5.41) is 0. The zero-order valence-electron chi connectivity index (χ0n) is 9.55. The van der Waals surface area contributed by atoms with Gasteiger partial charge in [0.1, 0.15) is 11.3 Å². The SMILES string of the molecule is COc1cc(Br)c2oc(-c3ccncc3)nc2c1. The predicted octanol–water partition coefficient (Wildman–Crippen LogP) is 3.66. The fourth-order valence-electron chi connectivity index (χ4n) is 1.70. The lowest BCUT2D eigenvalue weighted by molar-refractivity contribution is 0.415. The Bertz CT molecular complexity index is 695. The quantitative estimate of drug-likeness (QED) is 0.725. The van der Waals surface area contributed by atoms with Crippen LogP contribution in [0.3, 0.4) is 0 Å². The van der Waals surface area contributed by atoms with Gasteiger partial charge < -0.3 is 9.15 Å². The van der Waals surface area contributed by atoms with E-state index in [1.807, 2.05) is 24.3 Å². The second-order valence-corrected chi connectivity index (χ2v) is 4.57. The van der Waals surface area contributed by atoms with E-state index in [-0.39, 0.29) is 0 Å². The molecule has 0 aliphatic rings. The average Bonchev–Trinajstić information content (AvgIpc) is 2.84. The normalized spacial score (nSPS) is 10.8. The summed E-state index contributed by atoms with van der Waals surface area (Å²) in [5.41, 5.74) is 2.36. The Morgan fingerprint density at radius 2 is 2.00 bits per heavy atom. The first kappa shape index (κ1) is 11.2. The third-order valence-electron chi connectivity index (χ3n) is 2.58. The number of hydrogen-bond donors (Lipinski definition) is 0. The fourth-order valence-corrected chi connectivity index (χ4v) is 2.21. The molecule has 0 unspecified atom stereocenters. The highest BCUT2D eigenvalue weighted by molar-refractivity contribution is 9.10. The van der Waals surface area contributed by atoms with Crippen LogP contribution in [-0.4, -0.2) is 17.1 Å². The second-order valence-electron chi connectivity index (χ2n) is 3.71. The number of ether oxygens (including phenoxy) is 1. The zero-order valence-corrected chi connectivity index (χ0v) is 11.1. The number of nitrogens with zero attached hydrogens (tertiary/aromatic N) is 2. The lowest BCUT2D eigenvalue weighted by atomic mass is 10.3. The first-order valence-corrected chi connectivity index (χ1v) is 6.11. The van der Waals surface area contributed by atoms with Gasteiger partial charge in [-0.15, -0.1) is 0 Å². The lowest BCUT2D eigenvalue weighted by Crippen LogP contribution is -1.82. The van der Waals surface area contributed by atoms with Crippen LogP contribution in [-0.2, 0) is 0 Å². The Hall–Kier alpha value is -1.88. The monoisotopic (exact) mass is 304 g/mol. The minimum atomic E-state index is 0.571. The van der Waals surface area contributed by atoms with Crippen molar-refractivity contribution in [2.45, 2.75) is 0 Å². The van der Waals surface area contributed by atoms with Crippen LogP contribution in [0.15, 0.2) is 45.5 Å². The number of oxazole rings is 1. The first-order chi connectivity index (χ1) is 8.78. The highest BCUT2D eigenvalue weighted by atomic mass is 79.9. The van der Waals surface area contributed by atoms with Gasteiger partial charge >= 0.3 is 0 Å². The standard InChI is InChI=1S/C13H9BrN2O2/c1-17-9-6-10(14)12-11(7-9)16-13(18-12)8-2-4-15-5-3-8/h2-7H,1H3. The number of pyridine rings is 1. The van der Waals surface area contributed by atoms with Crippen LogP contribution in [0.25, 0.3) is 22.6 Å². The summed E-state index contributed by atoms with van der Waals surface area (Å²) in [6.07, 6.45) is 3.42. The summed E-state index contributed by atoms with van der Waals surface area (Å²) >= 11 is 3.45. The summed E-state index contributed by atoms with van der Waals surface area (Å²) in [4.78, 5) is 8.42. The van der Waals surface area contributed by atoms with Crippen molar-refractivity contribution in [3.05, 3.63) is 41.1 Å². The Kier molecular flexibility index (Phi) is 2.76. The van der Waals surface area contributed by atoms with Gasteiger partial charge in [-0.3, -0.25) is 4.98 Å². The molecule has 90 valence electrons. The smallest absolute Gasteiger partial charge is 0.227 e. The minimum Gasteiger partial charge on any atom is -0.497 e. The summed E-state index contributed by atoms with van der Waals surface area (Å²) in [5.74, 6) is 1.31. The van der Waals surface area contributed by atoms with E-state index < -0.39 is 0 Å². The van der Waals surface area contributed by atoms with Crippen molar-refractivity contribution < 1.29 is 9.15 Å². The van der Waals surface area contributed by atoms with Gasteiger partial charge in [0.05, 0.1) is 11.6 Å². The van der Waals surface area contributed by atoms with Crippen LogP contribution in [0.1, 0.15) is 0 Å². The van der Waals surface area contributed by atoms with Gasteiger partial charge in [0.15, 0.2) is 5.58 Å². The van der Waals surface area contributed by atoms with Crippen LogP contribution < -0.4 is 4.74 Å². The maximum Gasteiger partial charge on any atom is 0.227 e. The third-order valence-corrected chi connectivity index (χ3v) is 3.17. The molecule has 0 radical (unpaired) electrons. The Labute approximate surface area is 112 Å². The van der Waals surface area contributed by atoms with Crippen molar-refractivity contribution in [2.75, 3.05) is 7.11 Å². The molecule has 5 heteroatoms. The number of aromatic nitrogens is 2. The van der Waals surface area contributed by atoms with E-state index in [1.54, 1.807) is 19.5 Å². The van der Waals surface area contributed by atoms with Crippen molar-refractivity contribution in [1.29, 1.82) is 0 Å². The molecule has 0 bridgehead atoms. The topological polar surface area (TPSA) is 48.2 Å². The van der Waals surface area contributed by atoms with E-state index >= 15 is 0 Å². The highest BCUT2D eigenvalue weighted by Crippen LogP contribution is 2.32. The fraction of sp³-hybridized carbons (Fsp3) is 0.0769. The molecule has 0 amide bonds. The zero-order chi connectivity index (χ0) is 12.5. The molecule has 0 aliphatic carbocycles. The van der Waals surface area contributed by atoms with Crippen LogP contribution in [0.5, 0.6) is 5.75 Å². The largest absolute Gasteiger partial charge is 0.497 e. The molecule has 1 aromatic carbocycles. The van der Waals surface area contributed by atoms with Gasteiger partial charge in [0, 0.05) is 24.0 Å². The Balaban J connectivity index is 2.20. The molecule has 2 heterocycles. The molecule has 0 atom stereocenters. The molecule has 3 rings (SSSR count). The van der Waals surface area contributed by atoms with Gasteiger partial charge in [-0.2, -0.15) is 0 Å². The van der Waals surface area contributed by atoms with E-state index in [9.17, 15) is 0 Å². The van der Waals surface area contributed by atoms with Gasteiger partial charge in [-0.05, 0) is 34.1 Å². The van der Waals surface area contributed by atoms with Crippen molar-refractivity contribution in [2.24, 2.45) is 0 Å². The number of hydrogen-bond acceptors (Lipinski definition) is 4. The van der Waals surface area contributed by atoms with E-state index in [0.29, 0.717) is 11.5 Å². The average molecular weight is 305 g/mol. The molecule has 0 spiro atoms. The van der Waals surface area contributed by atoms with Crippen LogP contribution >= 0.6 is 15.9 Å². The molecule has 0 fully saturated rings. The molecule has 3 aromatic rings. The highest BCUT2D eigenvalue weighted by Gasteiger charge is 2.12. The number of fused-ring (bicyclic) bond motifs is 1. The molecule has 4 nitrogen and oxygen atoms in total. The Morgan fingerprint density at radius 1 is 1.22 bits per heavy atom. The molecule has 0 N–H and O–H groups in total. The third kappa shape index (κ3) is 1.86. The number of rotatable bonds is 2. The number of halogens is 1. The number of methoxy groups -OCH3 is 1. The maximum atomic E-state index is 5.74. The summed E-state index contributed by atoms with van der Waals surface area (Å²) in [6, 6.07) is 7.41. The summed E-state index contributed by atoms with van der Waals surface area (Å²) in [7, 11) is 1.62. The van der Waals surface area contributed by atoms with Crippen molar-refractivity contribution in [3.8, 4) is 17.2 Å². The molecule has 0 aliphatic heterocycles. The lowest BCUT2D eigenvalue weighted by Gasteiger charge is -1.98. The Morgan fingerprint density at radius 3 is 2.72 bits per heavy atom. The predicted molar refractivity (Wildman–Crippen MR) is 71.5 cm³/mol. The molecule has 2 aromatic heterocycles. The van der Waals surface area contributed by atoms with E-state index in [1.165, 1.54) is 0 Å².